The molecule has 0 N–H and O–H groups in total. The summed E-state index contributed by atoms with van der Waals surface area (Å²) in [5.41, 5.74) is 0. The van der Waals surface area contributed by atoms with Gasteiger partial charge in [-0.3, -0.25) is 0 Å². The van der Waals surface area contributed by atoms with Crippen LogP contribution in [0.25, 0.3) is 0 Å². The van der Waals surface area contributed by atoms with Gasteiger partial charge in [0.15, 0.2) is 4.90 Å². The van der Waals surface area contributed by atoms with E-state index in [2.05, 4.69) is 16.3 Å². The van der Waals surface area contributed by atoms with Crippen molar-refractivity contribution in [1.82, 2.24) is 9.21 Å². The van der Waals surface area contributed by atoms with Crippen LogP contribution in [0.3, 0.4) is 0 Å². The maximum Gasteiger partial charge on any atom is 0.330 e. The number of carbonyl (C=O) groups excluding carboxylic acids is 1. The largest absolute Gasteiger partial charge is 0.593 e. The van der Waals surface area contributed by atoms with Crippen LogP contribution in [0.2, 0.25) is 0 Å². The summed E-state index contributed by atoms with van der Waals surface area (Å²) in [6.45, 7) is 4.75. The number of likely N-dealkylation sites (N-methyl/N-ethyl adjacent to an activating group) is 1. The van der Waals surface area contributed by atoms with Gasteiger partial charge in [-0.2, -0.15) is 0 Å². The second-order valence-corrected chi connectivity index (χ2v) is 7.29. The summed E-state index contributed by atoms with van der Waals surface area (Å²) in [6, 6.07) is 9.79. The lowest BCUT2D eigenvalue weighted by Gasteiger charge is -2.38. The van der Waals surface area contributed by atoms with Crippen LogP contribution >= 0.6 is 0 Å². The highest BCUT2D eigenvalue weighted by molar-refractivity contribution is 7.89. The van der Waals surface area contributed by atoms with Gasteiger partial charge in [0.05, 0.1) is 30.6 Å². The van der Waals surface area contributed by atoms with E-state index in [4.69, 9.17) is 4.74 Å². The van der Waals surface area contributed by atoms with Gasteiger partial charge >= 0.3 is 5.97 Å². The van der Waals surface area contributed by atoms with E-state index < -0.39 is 11.4 Å². The molecule has 0 radical (unpaired) electrons. The van der Waals surface area contributed by atoms with Gasteiger partial charge in [0.1, 0.15) is 0 Å². The summed E-state index contributed by atoms with van der Waals surface area (Å²) in [5.74, 6) is -0.303. The lowest BCUT2D eigenvalue weighted by Crippen LogP contribution is -2.53. The van der Waals surface area contributed by atoms with Gasteiger partial charge in [0.25, 0.3) is 0 Å². The van der Waals surface area contributed by atoms with Gasteiger partial charge in [-0.05, 0) is 38.9 Å². The Kier molecular flexibility index (Phi) is 7.78. The minimum absolute atomic E-state index is 0.205. The number of hydrogen-bond donors (Lipinski definition) is 0. The molecule has 1 saturated heterocycles. The van der Waals surface area contributed by atoms with Crippen molar-refractivity contribution in [2.24, 2.45) is 0 Å². The summed E-state index contributed by atoms with van der Waals surface area (Å²) >= 11 is -1.14. The molecule has 1 fully saturated rings. The van der Waals surface area contributed by atoms with Crippen LogP contribution in [0.5, 0.6) is 0 Å². The first-order chi connectivity index (χ1) is 11.6. The van der Waals surface area contributed by atoms with Gasteiger partial charge in [-0.15, -0.1) is 4.31 Å². The predicted molar refractivity (Wildman–Crippen MR) is 95.8 cm³/mol. The number of ether oxygens (including phenoxy) is 1. The number of allylic oxidation sites excluding steroid dienone is 1. The van der Waals surface area contributed by atoms with Crippen molar-refractivity contribution < 1.29 is 14.1 Å². The van der Waals surface area contributed by atoms with Crippen molar-refractivity contribution in [3.63, 3.8) is 0 Å². The topological polar surface area (TPSA) is 55.8 Å². The molecule has 1 aromatic carbocycles. The maximum absolute atomic E-state index is 12.9. The zero-order chi connectivity index (χ0) is 17.4. The van der Waals surface area contributed by atoms with Crippen LogP contribution in [0.15, 0.2) is 47.4 Å². The van der Waals surface area contributed by atoms with E-state index in [0.29, 0.717) is 6.61 Å². The van der Waals surface area contributed by atoms with E-state index in [1.54, 1.807) is 6.92 Å². The molecule has 132 valence electrons. The van der Waals surface area contributed by atoms with Crippen LogP contribution in [0, 0.1) is 0 Å². The fourth-order valence-corrected chi connectivity index (χ4v) is 4.13. The van der Waals surface area contributed by atoms with E-state index in [0.717, 1.165) is 37.4 Å². The molecule has 6 heteroatoms. The molecule has 0 aromatic heterocycles. The molecular weight excluding hydrogens is 324 g/mol. The first kappa shape index (κ1) is 19.0. The Morgan fingerprint density at radius 2 is 2.12 bits per heavy atom. The van der Waals surface area contributed by atoms with E-state index in [9.17, 15) is 9.35 Å². The van der Waals surface area contributed by atoms with Crippen molar-refractivity contribution in [3.8, 4) is 0 Å². The SMILES string of the molecule is CCOC(=O)/C=C/CCC1CN(C)CCN1[S+]([O-])c1ccccc1. The van der Waals surface area contributed by atoms with Gasteiger partial charge in [0.2, 0.25) is 0 Å². The molecule has 0 bridgehead atoms. The fourth-order valence-electron chi connectivity index (χ4n) is 2.78. The summed E-state index contributed by atoms with van der Waals surface area (Å²) < 4.78 is 19.8. The average molecular weight is 350 g/mol. The van der Waals surface area contributed by atoms with Crippen LogP contribution in [-0.2, 0) is 20.9 Å². The molecule has 24 heavy (non-hydrogen) atoms. The minimum atomic E-state index is -1.14. The Balaban J connectivity index is 1.95. The molecule has 2 rings (SSSR count). The van der Waals surface area contributed by atoms with Crippen molar-refractivity contribution in [1.29, 1.82) is 0 Å². The molecule has 1 aliphatic heterocycles. The number of piperazine rings is 1. The summed E-state index contributed by atoms with van der Waals surface area (Å²) in [7, 11) is 2.09. The van der Waals surface area contributed by atoms with E-state index in [1.165, 1.54) is 6.08 Å². The van der Waals surface area contributed by atoms with Crippen LogP contribution < -0.4 is 0 Å². The van der Waals surface area contributed by atoms with E-state index in [-0.39, 0.29) is 12.0 Å². The van der Waals surface area contributed by atoms with E-state index in [1.807, 2.05) is 36.4 Å². The molecular formula is C18H26N2O3S. The number of hydrogen-bond acceptors (Lipinski definition) is 5. The van der Waals surface area contributed by atoms with Crippen molar-refractivity contribution in [2.75, 3.05) is 33.3 Å². The third-order valence-corrected chi connectivity index (χ3v) is 5.58. The first-order valence-electron chi connectivity index (χ1n) is 8.37. The Hall–Kier alpha value is -1.34. The molecule has 1 aliphatic rings. The third-order valence-electron chi connectivity index (χ3n) is 4.00. The van der Waals surface area contributed by atoms with Gasteiger partial charge in [-0.1, -0.05) is 24.3 Å². The smallest absolute Gasteiger partial charge is 0.330 e. The highest BCUT2D eigenvalue weighted by atomic mass is 32.2. The molecule has 0 amide bonds. The Morgan fingerprint density at radius 1 is 1.38 bits per heavy atom. The van der Waals surface area contributed by atoms with Crippen molar-refractivity contribution in [2.45, 2.75) is 30.7 Å². The average Bonchev–Trinajstić information content (AvgIpc) is 2.59. The Labute approximate surface area is 147 Å². The van der Waals surface area contributed by atoms with Gasteiger partial charge < -0.3 is 14.2 Å². The lowest BCUT2D eigenvalue weighted by atomic mass is 10.1. The second kappa shape index (κ2) is 9.84. The predicted octanol–water partition coefficient (Wildman–Crippen LogP) is 2.22. The first-order valence-corrected chi connectivity index (χ1v) is 9.48. The molecule has 1 heterocycles. The molecule has 0 saturated carbocycles. The molecule has 1 aromatic rings. The van der Waals surface area contributed by atoms with Crippen molar-refractivity contribution >= 4 is 17.3 Å². The van der Waals surface area contributed by atoms with Gasteiger partial charge in [0, 0.05) is 19.2 Å². The maximum atomic E-state index is 12.9. The standard InChI is InChI=1S/C18H26N2O3S/c1-3-23-18(21)12-8-7-9-16-15-19(2)13-14-20(16)24(22)17-10-5-4-6-11-17/h4-6,8,10-12,16H,3,7,9,13-15H2,1-2H3/b12-8+. The Morgan fingerprint density at radius 3 is 2.83 bits per heavy atom. The van der Waals surface area contributed by atoms with Crippen LogP contribution in [0.4, 0.5) is 0 Å². The summed E-state index contributed by atoms with van der Waals surface area (Å²) in [4.78, 5) is 14.4. The zero-order valence-corrected chi connectivity index (χ0v) is 15.2. The summed E-state index contributed by atoms with van der Waals surface area (Å²) in [5, 5.41) is 0. The number of esters is 1. The Bertz CT molecular complexity index is 538. The number of benzene rings is 1. The molecule has 0 aliphatic carbocycles. The number of rotatable bonds is 7. The monoisotopic (exact) mass is 350 g/mol. The van der Waals surface area contributed by atoms with Crippen molar-refractivity contribution in [3.05, 3.63) is 42.5 Å². The third kappa shape index (κ3) is 5.63. The molecule has 5 nitrogen and oxygen atoms in total. The molecule has 2 unspecified atom stereocenters. The number of carbonyl (C=O) groups is 1. The van der Waals surface area contributed by atoms with Crippen LogP contribution in [0.1, 0.15) is 19.8 Å². The second-order valence-electron chi connectivity index (χ2n) is 5.85. The normalized spacial score (nSPS) is 21.0. The molecule has 2 atom stereocenters. The summed E-state index contributed by atoms with van der Waals surface area (Å²) in [6.07, 6.45) is 4.95. The van der Waals surface area contributed by atoms with E-state index >= 15 is 0 Å². The zero-order valence-electron chi connectivity index (χ0n) is 14.4. The molecule has 0 spiro atoms. The minimum Gasteiger partial charge on any atom is -0.593 e. The highest BCUT2D eigenvalue weighted by Gasteiger charge is 2.34. The fraction of sp³-hybridized carbons (Fsp3) is 0.500. The number of nitrogens with zero attached hydrogens (tertiary/aromatic N) is 2. The highest BCUT2D eigenvalue weighted by Crippen LogP contribution is 2.23. The van der Waals surface area contributed by atoms with Gasteiger partial charge in [-0.25, -0.2) is 4.79 Å². The van der Waals surface area contributed by atoms with Crippen LogP contribution in [-0.4, -0.2) is 59.1 Å². The quantitative estimate of drug-likeness (QED) is 0.429. The lowest BCUT2D eigenvalue weighted by molar-refractivity contribution is -0.137.